The number of rotatable bonds is 4. The Morgan fingerprint density at radius 2 is 2.10 bits per heavy atom. The number of likely N-dealkylation sites (tertiary alicyclic amines) is 1. The van der Waals surface area contributed by atoms with Crippen molar-refractivity contribution in [1.29, 1.82) is 0 Å². The summed E-state index contributed by atoms with van der Waals surface area (Å²) in [6.07, 6.45) is 3.12. The molecule has 112 valence electrons. The van der Waals surface area contributed by atoms with E-state index in [-0.39, 0.29) is 18.0 Å². The average molecular weight is 280 g/mol. The van der Waals surface area contributed by atoms with Crippen LogP contribution in [0, 0.1) is 11.8 Å². The molecule has 1 saturated carbocycles. The van der Waals surface area contributed by atoms with Crippen molar-refractivity contribution in [2.24, 2.45) is 11.8 Å². The van der Waals surface area contributed by atoms with E-state index in [0.717, 1.165) is 38.9 Å². The van der Waals surface area contributed by atoms with Crippen LogP contribution >= 0.6 is 0 Å². The molecule has 6 nitrogen and oxygen atoms in total. The van der Waals surface area contributed by atoms with E-state index in [9.17, 15) is 9.59 Å². The molecule has 0 aromatic carbocycles. The molecule has 0 radical (unpaired) electrons. The highest BCUT2D eigenvalue weighted by Crippen LogP contribution is 2.33. The van der Waals surface area contributed by atoms with Crippen LogP contribution in [0.25, 0.3) is 0 Å². The van der Waals surface area contributed by atoms with Gasteiger partial charge in [-0.05, 0) is 44.2 Å². The first-order chi connectivity index (χ1) is 9.67. The van der Waals surface area contributed by atoms with Crippen LogP contribution < -0.4 is 16.0 Å². The number of fused-ring (bicyclic) bond motifs is 1. The van der Waals surface area contributed by atoms with Gasteiger partial charge in [0.05, 0.1) is 6.54 Å². The molecule has 0 bridgehead atoms. The maximum Gasteiger partial charge on any atom is 0.321 e. The van der Waals surface area contributed by atoms with Crippen LogP contribution in [0.2, 0.25) is 0 Å². The molecule has 3 N–H and O–H groups in total. The highest BCUT2D eigenvalue weighted by molar-refractivity contribution is 5.95. The van der Waals surface area contributed by atoms with Gasteiger partial charge < -0.3 is 10.6 Å². The Morgan fingerprint density at radius 3 is 2.80 bits per heavy atom. The Hall–Kier alpha value is -1.14. The summed E-state index contributed by atoms with van der Waals surface area (Å²) in [6, 6.07) is 0.405. The Labute approximate surface area is 119 Å². The van der Waals surface area contributed by atoms with Crippen molar-refractivity contribution in [1.82, 2.24) is 20.9 Å². The molecule has 0 spiro atoms. The zero-order valence-electron chi connectivity index (χ0n) is 12.0. The third-order valence-electron chi connectivity index (χ3n) is 4.75. The van der Waals surface area contributed by atoms with Gasteiger partial charge in [0.15, 0.2) is 0 Å². The minimum Gasteiger partial charge on any atom is -0.335 e. The van der Waals surface area contributed by atoms with Gasteiger partial charge >= 0.3 is 6.03 Å². The van der Waals surface area contributed by atoms with Gasteiger partial charge in [0.25, 0.3) is 0 Å². The first-order valence-corrected chi connectivity index (χ1v) is 7.72. The minimum atomic E-state index is -0.341. The molecule has 0 aromatic heterocycles. The van der Waals surface area contributed by atoms with Crippen molar-refractivity contribution >= 4 is 11.9 Å². The van der Waals surface area contributed by atoms with Crippen LogP contribution in [0.15, 0.2) is 0 Å². The SMILES string of the molecule is CCC1C2CNCC2CN1CC(=O)NC(=O)NC1CC1. The van der Waals surface area contributed by atoms with Gasteiger partial charge in [0.2, 0.25) is 5.91 Å². The van der Waals surface area contributed by atoms with Crippen molar-refractivity contribution in [3.05, 3.63) is 0 Å². The quantitative estimate of drug-likeness (QED) is 0.672. The Balaban J connectivity index is 1.49. The Kier molecular flexibility index (Phi) is 3.94. The number of hydrogen-bond acceptors (Lipinski definition) is 4. The summed E-state index contributed by atoms with van der Waals surface area (Å²) in [4.78, 5) is 25.8. The van der Waals surface area contributed by atoms with Gasteiger partial charge in [-0.15, -0.1) is 0 Å². The third kappa shape index (κ3) is 2.96. The molecule has 3 atom stereocenters. The first kappa shape index (κ1) is 13.8. The highest BCUT2D eigenvalue weighted by atomic mass is 16.2. The van der Waals surface area contributed by atoms with Crippen molar-refractivity contribution in [2.45, 2.75) is 38.3 Å². The molecular weight excluding hydrogens is 256 g/mol. The van der Waals surface area contributed by atoms with Gasteiger partial charge in [-0.25, -0.2) is 4.79 Å². The second kappa shape index (κ2) is 5.69. The molecule has 20 heavy (non-hydrogen) atoms. The summed E-state index contributed by atoms with van der Waals surface area (Å²) in [5.41, 5.74) is 0. The lowest BCUT2D eigenvalue weighted by Crippen LogP contribution is -2.47. The Morgan fingerprint density at radius 1 is 1.30 bits per heavy atom. The van der Waals surface area contributed by atoms with Crippen LogP contribution in [0.1, 0.15) is 26.2 Å². The minimum absolute atomic E-state index is 0.186. The fourth-order valence-corrected chi connectivity index (χ4v) is 3.65. The van der Waals surface area contributed by atoms with E-state index in [1.807, 2.05) is 0 Å². The number of imide groups is 1. The number of carbonyl (C=O) groups is 2. The summed E-state index contributed by atoms with van der Waals surface area (Å²) in [6.45, 7) is 5.60. The fourth-order valence-electron chi connectivity index (χ4n) is 3.65. The maximum absolute atomic E-state index is 12.0. The molecule has 2 aliphatic heterocycles. The molecule has 1 aliphatic carbocycles. The van der Waals surface area contributed by atoms with E-state index in [4.69, 9.17) is 0 Å². The number of urea groups is 1. The molecule has 6 heteroatoms. The smallest absolute Gasteiger partial charge is 0.321 e. The lowest BCUT2D eigenvalue weighted by Gasteiger charge is -2.25. The van der Waals surface area contributed by atoms with E-state index in [2.05, 4.69) is 27.8 Å². The lowest BCUT2D eigenvalue weighted by molar-refractivity contribution is -0.121. The van der Waals surface area contributed by atoms with Gasteiger partial charge in [-0.1, -0.05) is 6.92 Å². The largest absolute Gasteiger partial charge is 0.335 e. The zero-order valence-corrected chi connectivity index (χ0v) is 12.0. The maximum atomic E-state index is 12.0. The Bertz CT molecular complexity index is 397. The van der Waals surface area contributed by atoms with Gasteiger partial charge in [0, 0.05) is 18.6 Å². The van der Waals surface area contributed by atoms with E-state index < -0.39 is 0 Å². The second-order valence-corrected chi connectivity index (χ2v) is 6.28. The third-order valence-corrected chi connectivity index (χ3v) is 4.75. The van der Waals surface area contributed by atoms with E-state index >= 15 is 0 Å². The van der Waals surface area contributed by atoms with Crippen LogP contribution in [0.3, 0.4) is 0 Å². The summed E-state index contributed by atoms with van der Waals surface area (Å²) in [7, 11) is 0. The fraction of sp³-hybridized carbons (Fsp3) is 0.857. The molecule has 3 aliphatic rings. The van der Waals surface area contributed by atoms with Crippen LogP contribution in [0.4, 0.5) is 4.79 Å². The first-order valence-electron chi connectivity index (χ1n) is 7.72. The van der Waals surface area contributed by atoms with Crippen molar-refractivity contribution in [2.75, 3.05) is 26.2 Å². The standard InChI is InChI=1S/C14H24N4O2/c1-2-12-11-6-15-5-9(11)7-18(12)8-13(19)17-14(20)16-10-3-4-10/h9-12,15H,2-8H2,1H3,(H2,16,17,19,20). The number of hydrogen-bond donors (Lipinski definition) is 3. The molecule has 3 unspecified atom stereocenters. The summed E-state index contributed by atoms with van der Waals surface area (Å²) >= 11 is 0. The molecule has 2 heterocycles. The monoisotopic (exact) mass is 280 g/mol. The molecule has 3 amide bonds. The summed E-state index contributed by atoms with van der Waals surface area (Å²) in [5, 5.41) is 8.65. The zero-order chi connectivity index (χ0) is 14.1. The number of nitrogens with zero attached hydrogens (tertiary/aromatic N) is 1. The number of nitrogens with one attached hydrogen (secondary N) is 3. The van der Waals surface area contributed by atoms with Gasteiger partial charge in [0.1, 0.15) is 0 Å². The van der Waals surface area contributed by atoms with E-state index in [1.165, 1.54) is 0 Å². The number of amides is 3. The van der Waals surface area contributed by atoms with Crippen molar-refractivity contribution in [3.8, 4) is 0 Å². The molecule has 3 rings (SSSR count). The van der Waals surface area contributed by atoms with E-state index in [0.29, 0.717) is 24.4 Å². The average Bonchev–Trinajstić information content (AvgIpc) is 2.97. The molecular formula is C14H24N4O2. The topological polar surface area (TPSA) is 73.5 Å². The van der Waals surface area contributed by atoms with E-state index in [1.54, 1.807) is 0 Å². The van der Waals surface area contributed by atoms with Crippen LogP contribution in [0.5, 0.6) is 0 Å². The van der Waals surface area contributed by atoms with Gasteiger partial charge in [-0.3, -0.25) is 15.0 Å². The van der Waals surface area contributed by atoms with Gasteiger partial charge in [-0.2, -0.15) is 0 Å². The summed E-state index contributed by atoms with van der Waals surface area (Å²) in [5.74, 6) is 1.13. The number of carbonyl (C=O) groups excluding carboxylic acids is 2. The summed E-state index contributed by atoms with van der Waals surface area (Å²) < 4.78 is 0. The molecule has 3 fully saturated rings. The van der Waals surface area contributed by atoms with Crippen molar-refractivity contribution in [3.63, 3.8) is 0 Å². The van der Waals surface area contributed by atoms with Crippen molar-refractivity contribution < 1.29 is 9.59 Å². The lowest BCUT2D eigenvalue weighted by atomic mass is 9.93. The molecule has 0 aromatic rings. The van der Waals surface area contributed by atoms with Crippen LogP contribution in [-0.2, 0) is 4.79 Å². The second-order valence-electron chi connectivity index (χ2n) is 6.28. The normalized spacial score (nSPS) is 33.0. The van der Waals surface area contributed by atoms with Crippen LogP contribution in [-0.4, -0.2) is 55.1 Å². The predicted molar refractivity (Wildman–Crippen MR) is 75.2 cm³/mol. The highest BCUT2D eigenvalue weighted by Gasteiger charge is 2.43. The predicted octanol–water partition coefficient (Wildman–Crippen LogP) is -0.0956. The molecule has 2 saturated heterocycles.